The molecule has 1 N–H and O–H groups in total. The molecule has 2 nitrogen and oxygen atoms in total. The Kier molecular flexibility index (Phi) is 2.72. The second-order valence-corrected chi connectivity index (χ2v) is 3.29. The predicted octanol–water partition coefficient (Wildman–Crippen LogP) is 1.27. The minimum absolute atomic E-state index is 0.932. The molecule has 0 saturated carbocycles. The van der Waals surface area contributed by atoms with E-state index in [1.54, 1.807) is 0 Å². The van der Waals surface area contributed by atoms with Crippen LogP contribution >= 0.6 is 0 Å². The molecule has 1 saturated heterocycles. The molecule has 0 amide bonds. The van der Waals surface area contributed by atoms with E-state index in [9.17, 15) is 0 Å². The standard InChI is InChI=1S/C11H14N2/c1-2-4-10(5-3-1)6-7-13-11-8-12-9-11/h1-5,12H,6-9H2. The quantitative estimate of drug-likeness (QED) is 0.733. The van der Waals surface area contributed by atoms with Crippen LogP contribution in [0.1, 0.15) is 5.56 Å². The highest BCUT2D eigenvalue weighted by Crippen LogP contribution is 1.99. The van der Waals surface area contributed by atoms with Crippen molar-refractivity contribution >= 4 is 5.71 Å². The van der Waals surface area contributed by atoms with Crippen molar-refractivity contribution in [3.05, 3.63) is 35.9 Å². The molecule has 0 aliphatic carbocycles. The number of nitrogens with one attached hydrogen (secondary N) is 1. The van der Waals surface area contributed by atoms with E-state index in [0.29, 0.717) is 0 Å². The van der Waals surface area contributed by atoms with E-state index in [2.05, 4.69) is 34.6 Å². The Morgan fingerprint density at radius 2 is 1.92 bits per heavy atom. The molecule has 1 aromatic carbocycles. The lowest BCUT2D eigenvalue weighted by molar-refractivity contribution is 0.773. The molecule has 0 aromatic heterocycles. The van der Waals surface area contributed by atoms with Crippen LogP contribution in [0.25, 0.3) is 0 Å². The third kappa shape index (κ3) is 2.39. The number of hydrogen-bond donors (Lipinski definition) is 1. The van der Waals surface area contributed by atoms with Crippen molar-refractivity contribution in [1.82, 2.24) is 5.32 Å². The highest BCUT2D eigenvalue weighted by Gasteiger charge is 2.06. The molecule has 0 bridgehead atoms. The van der Waals surface area contributed by atoms with Crippen LogP contribution in [0.15, 0.2) is 35.3 Å². The minimum Gasteiger partial charge on any atom is -0.306 e. The fourth-order valence-electron chi connectivity index (χ4n) is 1.34. The first-order chi connectivity index (χ1) is 6.45. The van der Waals surface area contributed by atoms with Crippen LogP contribution in [-0.4, -0.2) is 25.3 Å². The first-order valence-corrected chi connectivity index (χ1v) is 4.72. The summed E-state index contributed by atoms with van der Waals surface area (Å²) in [5.74, 6) is 0. The van der Waals surface area contributed by atoms with Gasteiger partial charge in [0.15, 0.2) is 0 Å². The minimum atomic E-state index is 0.932. The summed E-state index contributed by atoms with van der Waals surface area (Å²) in [6.07, 6.45) is 1.06. The van der Waals surface area contributed by atoms with E-state index in [1.807, 2.05) is 6.07 Å². The molecule has 68 valence electrons. The van der Waals surface area contributed by atoms with Gasteiger partial charge in [-0.15, -0.1) is 0 Å². The molecular weight excluding hydrogens is 160 g/mol. The molecular formula is C11H14N2. The van der Waals surface area contributed by atoms with Gasteiger partial charge < -0.3 is 5.32 Å². The van der Waals surface area contributed by atoms with Crippen molar-refractivity contribution in [3.8, 4) is 0 Å². The zero-order valence-electron chi connectivity index (χ0n) is 7.66. The Morgan fingerprint density at radius 1 is 1.15 bits per heavy atom. The van der Waals surface area contributed by atoms with Crippen LogP contribution in [0.5, 0.6) is 0 Å². The normalized spacial score (nSPS) is 15.2. The summed E-state index contributed by atoms with van der Waals surface area (Å²) in [6.45, 7) is 2.92. The van der Waals surface area contributed by atoms with Gasteiger partial charge >= 0.3 is 0 Å². The van der Waals surface area contributed by atoms with Gasteiger partial charge in [0.2, 0.25) is 0 Å². The fourth-order valence-corrected chi connectivity index (χ4v) is 1.34. The topological polar surface area (TPSA) is 24.4 Å². The second kappa shape index (κ2) is 4.19. The monoisotopic (exact) mass is 174 g/mol. The predicted molar refractivity (Wildman–Crippen MR) is 55.3 cm³/mol. The highest BCUT2D eigenvalue weighted by atomic mass is 15.0. The molecule has 0 atom stereocenters. The average molecular weight is 174 g/mol. The largest absolute Gasteiger partial charge is 0.306 e. The molecule has 1 aliphatic heterocycles. The smallest absolute Gasteiger partial charge is 0.0430 e. The van der Waals surface area contributed by atoms with Gasteiger partial charge in [-0.1, -0.05) is 30.3 Å². The van der Waals surface area contributed by atoms with Gasteiger partial charge in [0, 0.05) is 25.3 Å². The lowest BCUT2D eigenvalue weighted by Gasteiger charge is -2.16. The zero-order chi connectivity index (χ0) is 8.93. The van der Waals surface area contributed by atoms with Crippen molar-refractivity contribution in [2.24, 2.45) is 4.99 Å². The number of hydrogen-bond acceptors (Lipinski definition) is 2. The van der Waals surface area contributed by atoms with Gasteiger partial charge in [-0.25, -0.2) is 0 Å². The summed E-state index contributed by atoms with van der Waals surface area (Å²) >= 11 is 0. The van der Waals surface area contributed by atoms with E-state index >= 15 is 0 Å². The zero-order valence-corrected chi connectivity index (χ0v) is 7.66. The van der Waals surface area contributed by atoms with Gasteiger partial charge in [0.25, 0.3) is 0 Å². The van der Waals surface area contributed by atoms with Crippen molar-refractivity contribution < 1.29 is 0 Å². The van der Waals surface area contributed by atoms with Crippen LogP contribution in [0.4, 0.5) is 0 Å². The first kappa shape index (κ1) is 8.45. The lowest BCUT2D eigenvalue weighted by Crippen LogP contribution is -2.42. The van der Waals surface area contributed by atoms with Crippen molar-refractivity contribution in [3.63, 3.8) is 0 Å². The Balaban J connectivity index is 1.79. The molecule has 2 rings (SSSR count). The van der Waals surface area contributed by atoms with Crippen LogP contribution in [0, 0.1) is 0 Å². The number of nitrogens with zero attached hydrogens (tertiary/aromatic N) is 1. The highest BCUT2D eigenvalue weighted by molar-refractivity contribution is 5.93. The van der Waals surface area contributed by atoms with Crippen LogP contribution in [-0.2, 0) is 6.42 Å². The summed E-state index contributed by atoms with van der Waals surface area (Å²) < 4.78 is 0. The van der Waals surface area contributed by atoms with Gasteiger partial charge in [-0.05, 0) is 12.0 Å². The number of benzene rings is 1. The Hall–Kier alpha value is -1.15. The lowest BCUT2D eigenvalue weighted by atomic mass is 10.1. The maximum atomic E-state index is 4.48. The van der Waals surface area contributed by atoms with Gasteiger partial charge in [0.05, 0.1) is 0 Å². The summed E-state index contributed by atoms with van der Waals surface area (Å²) in [7, 11) is 0. The van der Waals surface area contributed by atoms with Gasteiger partial charge in [-0.2, -0.15) is 0 Å². The summed E-state index contributed by atoms with van der Waals surface area (Å²) in [6, 6.07) is 10.5. The SMILES string of the molecule is c1ccc(CCN=C2CNC2)cc1. The van der Waals surface area contributed by atoms with Gasteiger partial charge in [0.1, 0.15) is 0 Å². The maximum Gasteiger partial charge on any atom is 0.0430 e. The third-order valence-corrected chi connectivity index (χ3v) is 2.24. The molecule has 0 unspecified atom stereocenters. The molecule has 1 fully saturated rings. The Bertz CT molecular complexity index is 284. The molecule has 0 radical (unpaired) electrons. The molecule has 13 heavy (non-hydrogen) atoms. The molecule has 0 spiro atoms. The van der Waals surface area contributed by atoms with Crippen molar-refractivity contribution in [2.75, 3.05) is 19.6 Å². The summed E-state index contributed by atoms with van der Waals surface area (Å²) in [5.41, 5.74) is 2.69. The molecule has 1 aromatic rings. The van der Waals surface area contributed by atoms with E-state index in [1.165, 1.54) is 11.3 Å². The molecule has 1 aliphatic rings. The number of rotatable bonds is 3. The van der Waals surface area contributed by atoms with Crippen molar-refractivity contribution in [1.29, 1.82) is 0 Å². The van der Waals surface area contributed by atoms with E-state index in [4.69, 9.17) is 0 Å². The summed E-state index contributed by atoms with van der Waals surface area (Å²) in [5, 5.41) is 3.18. The maximum absolute atomic E-state index is 4.48. The Labute approximate surface area is 78.7 Å². The van der Waals surface area contributed by atoms with Crippen molar-refractivity contribution in [2.45, 2.75) is 6.42 Å². The third-order valence-electron chi connectivity index (χ3n) is 2.24. The summed E-state index contributed by atoms with van der Waals surface area (Å²) in [4.78, 5) is 4.48. The fraction of sp³-hybridized carbons (Fsp3) is 0.364. The Morgan fingerprint density at radius 3 is 2.54 bits per heavy atom. The molecule has 2 heteroatoms. The van der Waals surface area contributed by atoms with E-state index < -0.39 is 0 Å². The first-order valence-electron chi connectivity index (χ1n) is 4.72. The average Bonchev–Trinajstić information content (AvgIpc) is 2.11. The van der Waals surface area contributed by atoms with Crippen LogP contribution < -0.4 is 5.32 Å². The van der Waals surface area contributed by atoms with E-state index in [0.717, 1.165) is 26.1 Å². The van der Waals surface area contributed by atoms with E-state index in [-0.39, 0.29) is 0 Å². The molecule has 1 heterocycles. The van der Waals surface area contributed by atoms with Crippen LogP contribution in [0.2, 0.25) is 0 Å². The van der Waals surface area contributed by atoms with Gasteiger partial charge in [-0.3, -0.25) is 4.99 Å². The van der Waals surface area contributed by atoms with Crippen LogP contribution in [0.3, 0.4) is 0 Å². The second-order valence-electron chi connectivity index (χ2n) is 3.29. The number of aliphatic imine (C=N–C) groups is 1.